The van der Waals surface area contributed by atoms with Crippen molar-refractivity contribution in [3.05, 3.63) is 59.7 Å². The summed E-state index contributed by atoms with van der Waals surface area (Å²) in [5.41, 5.74) is 2.56. The van der Waals surface area contributed by atoms with Crippen LogP contribution in [0, 0.1) is 10.8 Å². The van der Waals surface area contributed by atoms with Crippen LogP contribution >= 0.6 is 0 Å². The average Bonchev–Trinajstić information content (AvgIpc) is 2.45. The second kappa shape index (κ2) is 6.51. The Kier molecular flexibility index (Phi) is 4.98. The topological polar surface area (TPSA) is 40.5 Å². The first-order chi connectivity index (χ1) is 11.0. The Morgan fingerprint density at radius 2 is 0.792 bits per heavy atom. The molecule has 0 amide bonds. The molecule has 0 saturated carbocycles. The highest BCUT2D eigenvalue weighted by Gasteiger charge is 2.40. The molecule has 0 radical (unpaired) electrons. The summed E-state index contributed by atoms with van der Waals surface area (Å²) < 4.78 is 0. The molecule has 0 aliphatic carbocycles. The molecule has 0 aliphatic rings. The Labute approximate surface area is 146 Å². The van der Waals surface area contributed by atoms with Crippen LogP contribution in [-0.4, -0.2) is 10.2 Å². The summed E-state index contributed by atoms with van der Waals surface area (Å²) in [6.45, 7) is 13.6. The smallest absolute Gasteiger partial charge is 0.115 e. The predicted octanol–water partition coefficient (Wildman–Crippen LogP) is 6.06. The second-order valence-electron chi connectivity index (χ2n) is 8.87. The first-order valence-electron chi connectivity index (χ1n) is 8.58. The molecule has 0 saturated heterocycles. The zero-order valence-electron chi connectivity index (χ0n) is 15.7. The minimum Gasteiger partial charge on any atom is -0.508 e. The van der Waals surface area contributed by atoms with Crippen LogP contribution in [0.15, 0.2) is 48.5 Å². The number of aromatic hydroxyl groups is 2. The molecule has 2 aromatic carbocycles. The van der Waals surface area contributed by atoms with Gasteiger partial charge in [0, 0.05) is 0 Å². The van der Waals surface area contributed by atoms with E-state index in [4.69, 9.17) is 0 Å². The van der Waals surface area contributed by atoms with Crippen molar-refractivity contribution in [3.63, 3.8) is 0 Å². The number of rotatable bonds is 3. The minimum absolute atomic E-state index is 0.0484. The maximum absolute atomic E-state index is 9.66. The van der Waals surface area contributed by atoms with E-state index in [-0.39, 0.29) is 22.7 Å². The number of hydrogen-bond acceptors (Lipinski definition) is 2. The van der Waals surface area contributed by atoms with E-state index in [1.165, 1.54) is 11.1 Å². The van der Waals surface area contributed by atoms with Crippen LogP contribution < -0.4 is 0 Å². The molecule has 2 atom stereocenters. The van der Waals surface area contributed by atoms with Crippen molar-refractivity contribution in [2.75, 3.05) is 0 Å². The van der Waals surface area contributed by atoms with E-state index in [0.29, 0.717) is 11.5 Å². The Bertz CT molecular complexity index is 594. The molecule has 0 aliphatic heterocycles. The van der Waals surface area contributed by atoms with Crippen molar-refractivity contribution in [2.45, 2.75) is 53.4 Å². The van der Waals surface area contributed by atoms with Gasteiger partial charge in [-0.2, -0.15) is 0 Å². The van der Waals surface area contributed by atoms with Gasteiger partial charge in [-0.25, -0.2) is 0 Å². The molecule has 2 nitrogen and oxygen atoms in total. The van der Waals surface area contributed by atoms with Gasteiger partial charge < -0.3 is 10.2 Å². The molecule has 2 aromatic rings. The summed E-state index contributed by atoms with van der Waals surface area (Å²) in [5.74, 6) is 1.15. The molecule has 24 heavy (non-hydrogen) atoms. The van der Waals surface area contributed by atoms with Gasteiger partial charge in [0.05, 0.1) is 0 Å². The van der Waals surface area contributed by atoms with Crippen molar-refractivity contribution >= 4 is 0 Å². The molecule has 130 valence electrons. The zero-order chi connectivity index (χ0) is 18.1. The second-order valence-corrected chi connectivity index (χ2v) is 8.87. The number of phenols is 2. The highest BCUT2D eigenvalue weighted by atomic mass is 16.3. The lowest BCUT2D eigenvalue weighted by molar-refractivity contribution is 0.186. The van der Waals surface area contributed by atoms with Crippen LogP contribution in [0.3, 0.4) is 0 Å². The van der Waals surface area contributed by atoms with Crippen molar-refractivity contribution in [2.24, 2.45) is 10.8 Å². The van der Waals surface area contributed by atoms with Gasteiger partial charge in [-0.1, -0.05) is 65.8 Å². The molecule has 2 rings (SSSR count). The van der Waals surface area contributed by atoms with E-state index in [1.54, 1.807) is 24.3 Å². The summed E-state index contributed by atoms with van der Waals surface area (Å²) in [6, 6.07) is 15.2. The van der Waals surface area contributed by atoms with E-state index >= 15 is 0 Å². The monoisotopic (exact) mass is 326 g/mol. The van der Waals surface area contributed by atoms with Crippen molar-refractivity contribution < 1.29 is 10.2 Å². The van der Waals surface area contributed by atoms with Gasteiger partial charge in [-0.3, -0.25) is 0 Å². The molecule has 0 fully saturated rings. The largest absolute Gasteiger partial charge is 0.508 e. The summed E-state index contributed by atoms with van der Waals surface area (Å²) in [4.78, 5) is 0. The summed E-state index contributed by atoms with van der Waals surface area (Å²) >= 11 is 0. The van der Waals surface area contributed by atoms with Crippen LogP contribution in [0.5, 0.6) is 11.5 Å². The Balaban J connectivity index is 2.61. The van der Waals surface area contributed by atoms with Crippen molar-refractivity contribution in [1.29, 1.82) is 0 Å². The molecule has 2 heteroatoms. The Hall–Kier alpha value is -1.96. The Morgan fingerprint density at radius 3 is 1.00 bits per heavy atom. The predicted molar refractivity (Wildman–Crippen MR) is 101 cm³/mol. The van der Waals surface area contributed by atoms with Crippen LogP contribution in [0.25, 0.3) is 0 Å². The molecular formula is C22H30O2. The molecule has 0 aromatic heterocycles. The van der Waals surface area contributed by atoms with Gasteiger partial charge in [-0.15, -0.1) is 0 Å². The van der Waals surface area contributed by atoms with Gasteiger partial charge in [-0.05, 0) is 58.1 Å². The molecule has 0 heterocycles. The Morgan fingerprint density at radius 1 is 0.542 bits per heavy atom. The number of benzene rings is 2. The average molecular weight is 326 g/mol. The molecule has 2 N–H and O–H groups in total. The standard InChI is InChI=1S/C22H30O2/c1-21(2,3)19(15-7-11-17(23)12-8-15)20(22(4,5)6)16-9-13-18(24)14-10-16/h7-14,19-20,23-24H,1-6H3/t19-,20+. The van der Waals surface area contributed by atoms with E-state index < -0.39 is 0 Å². The van der Waals surface area contributed by atoms with Crippen LogP contribution in [0.1, 0.15) is 64.5 Å². The maximum Gasteiger partial charge on any atom is 0.115 e. The van der Waals surface area contributed by atoms with Gasteiger partial charge in [0.25, 0.3) is 0 Å². The number of phenolic OH excluding ortho intramolecular Hbond substituents is 2. The zero-order valence-corrected chi connectivity index (χ0v) is 15.7. The molecule has 0 spiro atoms. The van der Waals surface area contributed by atoms with Gasteiger partial charge >= 0.3 is 0 Å². The summed E-state index contributed by atoms with van der Waals surface area (Å²) in [6.07, 6.45) is 0. The van der Waals surface area contributed by atoms with E-state index in [1.807, 2.05) is 24.3 Å². The maximum atomic E-state index is 9.66. The lowest BCUT2D eigenvalue weighted by Crippen LogP contribution is -2.32. The lowest BCUT2D eigenvalue weighted by Gasteiger charge is -2.44. The van der Waals surface area contributed by atoms with Crippen LogP contribution in [0.2, 0.25) is 0 Å². The quantitative estimate of drug-likeness (QED) is 0.720. The molecule has 0 bridgehead atoms. The normalized spacial score (nSPS) is 15.1. The third-order valence-corrected chi connectivity index (χ3v) is 4.70. The fraction of sp³-hybridized carbons (Fsp3) is 0.455. The van der Waals surface area contributed by atoms with E-state index in [2.05, 4.69) is 41.5 Å². The van der Waals surface area contributed by atoms with Gasteiger partial charge in [0.1, 0.15) is 11.5 Å². The summed E-state index contributed by atoms with van der Waals surface area (Å²) in [7, 11) is 0. The van der Waals surface area contributed by atoms with Gasteiger partial charge in [0.2, 0.25) is 0 Å². The van der Waals surface area contributed by atoms with Crippen molar-refractivity contribution in [3.8, 4) is 11.5 Å². The molecule has 0 unspecified atom stereocenters. The number of hydrogen-bond donors (Lipinski definition) is 2. The highest BCUT2D eigenvalue weighted by molar-refractivity contribution is 5.36. The van der Waals surface area contributed by atoms with Gasteiger partial charge in [0.15, 0.2) is 0 Å². The lowest BCUT2D eigenvalue weighted by atomic mass is 9.60. The fourth-order valence-electron chi connectivity index (χ4n) is 3.75. The first kappa shape index (κ1) is 18.4. The van der Waals surface area contributed by atoms with Crippen molar-refractivity contribution in [1.82, 2.24) is 0 Å². The molecular weight excluding hydrogens is 296 g/mol. The van der Waals surface area contributed by atoms with E-state index in [0.717, 1.165) is 0 Å². The summed E-state index contributed by atoms with van der Waals surface area (Å²) in [5, 5.41) is 19.3. The third-order valence-electron chi connectivity index (χ3n) is 4.70. The van der Waals surface area contributed by atoms with Crippen LogP contribution in [0.4, 0.5) is 0 Å². The fourth-order valence-corrected chi connectivity index (χ4v) is 3.75. The third kappa shape index (κ3) is 4.11. The minimum atomic E-state index is 0.0484. The highest BCUT2D eigenvalue weighted by Crippen LogP contribution is 2.53. The van der Waals surface area contributed by atoms with Crippen LogP contribution in [-0.2, 0) is 0 Å². The van der Waals surface area contributed by atoms with E-state index in [9.17, 15) is 10.2 Å². The first-order valence-corrected chi connectivity index (χ1v) is 8.58. The SMILES string of the molecule is CC(C)(C)[C@H](c1ccc(O)cc1)[C@H](c1ccc(O)cc1)C(C)(C)C.